The lowest BCUT2D eigenvalue weighted by molar-refractivity contribution is 0.269. The van der Waals surface area contributed by atoms with E-state index in [-0.39, 0.29) is 24.1 Å². The zero-order valence-corrected chi connectivity index (χ0v) is 11.2. The predicted octanol–water partition coefficient (Wildman–Crippen LogP) is 2.72. The first-order valence-electron chi connectivity index (χ1n) is 5.09. The van der Waals surface area contributed by atoms with Gasteiger partial charge in [0.05, 0.1) is 12.4 Å². The Labute approximate surface area is 105 Å². The average Bonchev–Trinajstić information content (AvgIpc) is 2.17. The Kier molecular flexibility index (Phi) is 4.77. The number of hydrogen-bond acceptors (Lipinski definition) is 3. The van der Waals surface area contributed by atoms with E-state index >= 15 is 0 Å². The second-order valence-electron chi connectivity index (χ2n) is 4.03. The summed E-state index contributed by atoms with van der Waals surface area (Å²) in [6, 6.07) is 4.22. The first-order chi connectivity index (χ1) is 7.78. The molecule has 1 aromatic carbocycles. The number of aryl methyl sites for hydroxylation is 1. The van der Waals surface area contributed by atoms with Crippen molar-refractivity contribution in [3.63, 3.8) is 0 Å². The lowest BCUT2D eigenvalue weighted by Crippen LogP contribution is -2.16. The highest BCUT2D eigenvalue weighted by molar-refractivity contribution is 8.13. The van der Waals surface area contributed by atoms with Crippen LogP contribution in [0, 0.1) is 18.7 Å². The molecular formula is C11H14ClFO3S. The van der Waals surface area contributed by atoms with E-state index in [0.717, 1.165) is 5.56 Å². The quantitative estimate of drug-likeness (QED) is 0.779. The maximum absolute atomic E-state index is 12.9. The molecule has 0 spiro atoms. The van der Waals surface area contributed by atoms with Gasteiger partial charge < -0.3 is 4.74 Å². The average molecular weight is 281 g/mol. The fraction of sp³-hybridized carbons (Fsp3) is 0.455. The van der Waals surface area contributed by atoms with Crippen LogP contribution in [0.2, 0.25) is 0 Å². The van der Waals surface area contributed by atoms with E-state index in [4.69, 9.17) is 15.4 Å². The zero-order chi connectivity index (χ0) is 13.1. The van der Waals surface area contributed by atoms with Gasteiger partial charge in [0.15, 0.2) is 0 Å². The van der Waals surface area contributed by atoms with Gasteiger partial charge in [-0.15, -0.1) is 0 Å². The summed E-state index contributed by atoms with van der Waals surface area (Å²) in [5.41, 5.74) is 0.798. The van der Waals surface area contributed by atoms with Crippen molar-refractivity contribution in [2.24, 2.45) is 5.92 Å². The van der Waals surface area contributed by atoms with Gasteiger partial charge >= 0.3 is 0 Å². The van der Waals surface area contributed by atoms with Gasteiger partial charge in [0, 0.05) is 22.7 Å². The molecule has 0 fully saturated rings. The minimum Gasteiger partial charge on any atom is -0.493 e. The molecule has 1 unspecified atom stereocenters. The molecule has 0 radical (unpaired) electrons. The summed E-state index contributed by atoms with van der Waals surface area (Å²) in [5.74, 6) is -0.379. The van der Waals surface area contributed by atoms with Crippen molar-refractivity contribution < 1.29 is 17.5 Å². The molecule has 3 nitrogen and oxygen atoms in total. The second kappa shape index (κ2) is 5.69. The van der Waals surface area contributed by atoms with Crippen LogP contribution in [0.5, 0.6) is 5.75 Å². The van der Waals surface area contributed by atoms with Gasteiger partial charge in [-0.05, 0) is 18.6 Å². The Balaban J connectivity index is 2.58. The molecule has 1 atom stereocenters. The van der Waals surface area contributed by atoms with Crippen molar-refractivity contribution in [1.29, 1.82) is 0 Å². The number of benzene rings is 1. The van der Waals surface area contributed by atoms with Gasteiger partial charge in [-0.25, -0.2) is 12.8 Å². The molecule has 0 N–H and O–H groups in total. The number of rotatable bonds is 5. The molecule has 0 aliphatic heterocycles. The Morgan fingerprint density at radius 1 is 1.47 bits per heavy atom. The van der Waals surface area contributed by atoms with Gasteiger partial charge in [0.1, 0.15) is 11.6 Å². The van der Waals surface area contributed by atoms with Crippen LogP contribution in [-0.4, -0.2) is 20.8 Å². The minimum absolute atomic E-state index is 0.164. The van der Waals surface area contributed by atoms with Crippen LogP contribution >= 0.6 is 10.7 Å². The van der Waals surface area contributed by atoms with E-state index < -0.39 is 9.05 Å². The number of halogens is 2. The fourth-order valence-electron chi connectivity index (χ4n) is 1.35. The van der Waals surface area contributed by atoms with Gasteiger partial charge in [-0.2, -0.15) is 0 Å². The normalized spacial score (nSPS) is 13.4. The molecular weight excluding hydrogens is 267 g/mol. The molecule has 0 bridgehead atoms. The molecule has 0 aliphatic rings. The van der Waals surface area contributed by atoms with Crippen LogP contribution in [0.25, 0.3) is 0 Å². The third-order valence-electron chi connectivity index (χ3n) is 2.16. The van der Waals surface area contributed by atoms with E-state index in [1.807, 2.05) is 0 Å². The molecule has 0 saturated carbocycles. The number of ether oxygens (including phenoxy) is 1. The van der Waals surface area contributed by atoms with Crippen LogP contribution in [0.15, 0.2) is 18.2 Å². The molecule has 0 aromatic heterocycles. The third kappa shape index (κ3) is 5.37. The van der Waals surface area contributed by atoms with Crippen LogP contribution in [0.1, 0.15) is 12.5 Å². The maximum Gasteiger partial charge on any atom is 0.232 e. The lowest BCUT2D eigenvalue weighted by Gasteiger charge is -2.13. The Morgan fingerprint density at radius 2 is 2.12 bits per heavy atom. The summed E-state index contributed by atoms with van der Waals surface area (Å²) in [4.78, 5) is 0. The van der Waals surface area contributed by atoms with E-state index in [0.29, 0.717) is 5.75 Å². The Morgan fingerprint density at radius 3 is 2.71 bits per heavy atom. The van der Waals surface area contributed by atoms with Crippen molar-refractivity contribution in [1.82, 2.24) is 0 Å². The van der Waals surface area contributed by atoms with Crippen LogP contribution in [0.3, 0.4) is 0 Å². The van der Waals surface area contributed by atoms with Gasteiger partial charge in [-0.3, -0.25) is 0 Å². The molecule has 0 heterocycles. The van der Waals surface area contributed by atoms with E-state index in [2.05, 4.69) is 0 Å². The topological polar surface area (TPSA) is 43.4 Å². The van der Waals surface area contributed by atoms with Crippen molar-refractivity contribution >= 4 is 19.7 Å². The highest BCUT2D eigenvalue weighted by Gasteiger charge is 2.13. The van der Waals surface area contributed by atoms with Crippen molar-refractivity contribution in [2.45, 2.75) is 13.8 Å². The first-order valence-corrected chi connectivity index (χ1v) is 7.57. The summed E-state index contributed by atoms with van der Waals surface area (Å²) in [6.07, 6.45) is 0. The van der Waals surface area contributed by atoms with Crippen LogP contribution < -0.4 is 4.74 Å². The van der Waals surface area contributed by atoms with Crippen molar-refractivity contribution in [3.8, 4) is 5.75 Å². The summed E-state index contributed by atoms with van der Waals surface area (Å²) in [6.45, 7) is 3.67. The van der Waals surface area contributed by atoms with Crippen LogP contribution in [0.4, 0.5) is 4.39 Å². The van der Waals surface area contributed by atoms with E-state index in [9.17, 15) is 12.8 Å². The summed E-state index contributed by atoms with van der Waals surface area (Å²) in [7, 11) is 1.60. The first kappa shape index (κ1) is 14.3. The Hall–Kier alpha value is -0.810. The monoisotopic (exact) mass is 280 g/mol. The summed E-state index contributed by atoms with van der Waals surface area (Å²) < 4.78 is 40.0. The van der Waals surface area contributed by atoms with Gasteiger partial charge in [0.25, 0.3) is 0 Å². The molecule has 0 aliphatic carbocycles. The SMILES string of the molecule is Cc1ccc(F)cc1OCC(C)CS(=O)(=O)Cl. The minimum atomic E-state index is -3.53. The molecule has 1 rings (SSSR count). The fourth-order valence-corrected chi connectivity index (χ4v) is 2.77. The largest absolute Gasteiger partial charge is 0.493 e. The van der Waals surface area contributed by atoms with E-state index in [1.54, 1.807) is 19.9 Å². The van der Waals surface area contributed by atoms with Gasteiger partial charge in [0.2, 0.25) is 9.05 Å². The highest BCUT2D eigenvalue weighted by Crippen LogP contribution is 2.19. The van der Waals surface area contributed by atoms with E-state index in [1.165, 1.54) is 12.1 Å². The predicted molar refractivity (Wildman–Crippen MR) is 65.4 cm³/mol. The van der Waals surface area contributed by atoms with Crippen molar-refractivity contribution in [2.75, 3.05) is 12.4 Å². The smallest absolute Gasteiger partial charge is 0.232 e. The molecule has 96 valence electrons. The highest BCUT2D eigenvalue weighted by atomic mass is 35.7. The van der Waals surface area contributed by atoms with Gasteiger partial charge in [-0.1, -0.05) is 13.0 Å². The zero-order valence-electron chi connectivity index (χ0n) is 9.61. The molecule has 0 saturated heterocycles. The second-order valence-corrected chi connectivity index (χ2v) is 6.85. The molecule has 0 amide bonds. The third-order valence-corrected chi connectivity index (χ3v) is 3.50. The lowest BCUT2D eigenvalue weighted by atomic mass is 10.2. The molecule has 6 heteroatoms. The molecule has 17 heavy (non-hydrogen) atoms. The maximum atomic E-state index is 12.9. The van der Waals surface area contributed by atoms with Crippen LogP contribution in [-0.2, 0) is 9.05 Å². The Bertz CT molecular complexity index is 487. The number of hydrogen-bond donors (Lipinski definition) is 0. The van der Waals surface area contributed by atoms with Crippen molar-refractivity contribution in [3.05, 3.63) is 29.6 Å². The molecule has 1 aromatic rings. The summed E-state index contributed by atoms with van der Waals surface area (Å²) >= 11 is 0. The standard InChI is InChI=1S/C11H14ClFO3S/c1-8(7-17(12,14)15)6-16-11-5-10(13)4-3-9(11)2/h3-5,8H,6-7H2,1-2H3. The summed E-state index contributed by atoms with van der Waals surface area (Å²) in [5, 5.41) is 0.